The molecule has 1 aromatic heterocycles. The van der Waals surface area contributed by atoms with Crippen molar-refractivity contribution in [1.29, 1.82) is 0 Å². The summed E-state index contributed by atoms with van der Waals surface area (Å²) in [4.78, 5) is 12.0. The zero-order valence-corrected chi connectivity index (χ0v) is 15.0. The Kier molecular flexibility index (Phi) is 4.46. The summed E-state index contributed by atoms with van der Waals surface area (Å²) in [6.07, 6.45) is -3.55. The van der Waals surface area contributed by atoms with E-state index in [9.17, 15) is 26.4 Å². The van der Waals surface area contributed by atoms with E-state index in [1.807, 2.05) is 4.72 Å². The zero-order chi connectivity index (χ0) is 20.0. The molecule has 6 nitrogen and oxygen atoms in total. The van der Waals surface area contributed by atoms with Crippen molar-refractivity contribution in [3.8, 4) is 11.3 Å². The van der Waals surface area contributed by atoms with Crippen LogP contribution in [0.25, 0.3) is 22.2 Å². The van der Waals surface area contributed by atoms with Gasteiger partial charge in [0.1, 0.15) is 5.69 Å². The number of carbonyl (C=O) groups is 1. The van der Waals surface area contributed by atoms with E-state index in [0.717, 1.165) is 18.4 Å². The van der Waals surface area contributed by atoms with E-state index in [4.69, 9.17) is 0 Å². The van der Waals surface area contributed by atoms with Crippen LogP contribution in [-0.4, -0.2) is 30.4 Å². The molecular formula is C17H14F3N3O3S. The van der Waals surface area contributed by atoms with E-state index < -0.39 is 27.7 Å². The molecule has 27 heavy (non-hydrogen) atoms. The number of hydrogen-bond acceptors (Lipinski definition) is 4. The Balaban J connectivity index is 2.03. The van der Waals surface area contributed by atoms with E-state index in [-0.39, 0.29) is 5.56 Å². The molecule has 0 aliphatic rings. The number of fused-ring (bicyclic) bond motifs is 1. The van der Waals surface area contributed by atoms with Gasteiger partial charge in [0.05, 0.1) is 17.3 Å². The van der Waals surface area contributed by atoms with Crippen molar-refractivity contribution in [3.63, 3.8) is 0 Å². The maximum absolute atomic E-state index is 12.7. The Hall–Kier alpha value is -2.88. The Morgan fingerprint density at radius 2 is 1.74 bits per heavy atom. The first-order valence-corrected chi connectivity index (χ1v) is 9.51. The average Bonchev–Trinajstić information content (AvgIpc) is 2.89. The van der Waals surface area contributed by atoms with E-state index >= 15 is 0 Å². The summed E-state index contributed by atoms with van der Waals surface area (Å²) >= 11 is 0. The molecule has 2 aromatic carbocycles. The highest BCUT2D eigenvalue weighted by atomic mass is 32.2. The minimum Gasteiger partial charge on any atom is -0.268 e. The third-order valence-electron chi connectivity index (χ3n) is 3.88. The molecule has 0 saturated carbocycles. The number of rotatable bonds is 3. The number of amides is 1. The molecule has 0 radical (unpaired) electrons. The van der Waals surface area contributed by atoms with Crippen molar-refractivity contribution in [2.45, 2.75) is 6.18 Å². The normalized spacial score (nSPS) is 12.3. The fraction of sp³-hybridized carbons (Fsp3) is 0.176. The fourth-order valence-electron chi connectivity index (χ4n) is 2.66. The second kappa shape index (κ2) is 6.38. The summed E-state index contributed by atoms with van der Waals surface area (Å²) in [6, 6.07) is 9.08. The molecule has 0 aliphatic heterocycles. The lowest BCUT2D eigenvalue weighted by Gasteiger charge is -2.07. The van der Waals surface area contributed by atoms with Crippen LogP contribution in [0.5, 0.6) is 0 Å². The Labute approximate surface area is 152 Å². The van der Waals surface area contributed by atoms with Crippen LogP contribution >= 0.6 is 0 Å². The monoisotopic (exact) mass is 397 g/mol. The molecule has 0 saturated heterocycles. The van der Waals surface area contributed by atoms with Crippen LogP contribution in [0.1, 0.15) is 15.9 Å². The minimum absolute atomic E-state index is 0.120. The topological polar surface area (TPSA) is 81.1 Å². The van der Waals surface area contributed by atoms with Gasteiger partial charge in [-0.05, 0) is 30.3 Å². The van der Waals surface area contributed by atoms with Crippen LogP contribution < -0.4 is 4.72 Å². The third kappa shape index (κ3) is 3.95. The summed E-state index contributed by atoms with van der Waals surface area (Å²) in [7, 11) is -2.08. The van der Waals surface area contributed by atoms with Crippen LogP contribution in [0, 0.1) is 0 Å². The van der Waals surface area contributed by atoms with Gasteiger partial charge in [0, 0.05) is 23.6 Å². The number of carbonyl (C=O) groups excluding carboxylic acids is 1. The smallest absolute Gasteiger partial charge is 0.268 e. The largest absolute Gasteiger partial charge is 0.416 e. The van der Waals surface area contributed by atoms with E-state index in [2.05, 4.69) is 5.10 Å². The fourth-order valence-corrected chi connectivity index (χ4v) is 3.11. The lowest BCUT2D eigenvalue weighted by atomic mass is 10.0. The van der Waals surface area contributed by atoms with E-state index in [0.29, 0.717) is 22.2 Å². The summed E-state index contributed by atoms with van der Waals surface area (Å²) < 4.78 is 63.9. The minimum atomic E-state index is -4.42. The van der Waals surface area contributed by atoms with Gasteiger partial charge >= 0.3 is 6.18 Å². The predicted molar refractivity (Wildman–Crippen MR) is 93.5 cm³/mol. The SMILES string of the molecule is Cn1nc(-c2ccc(C(F)(F)F)cc2)c2ccc(C(=O)NS(C)(=O)=O)cc21. The Bertz CT molecular complexity index is 1130. The number of halogens is 3. The van der Waals surface area contributed by atoms with Crippen LogP contribution in [-0.2, 0) is 23.2 Å². The first kappa shape index (κ1) is 18.9. The lowest BCUT2D eigenvalue weighted by molar-refractivity contribution is -0.137. The molecule has 0 unspecified atom stereocenters. The number of sulfonamides is 1. The molecule has 0 aliphatic carbocycles. The van der Waals surface area contributed by atoms with Crippen LogP contribution in [0.2, 0.25) is 0 Å². The number of alkyl halides is 3. The maximum atomic E-state index is 12.7. The number of nitrogens with zero attached hydrogens (tertiary/aromatic N) is 2. The predicted octanol–water partition coefficient (Wildman–Crippen LogP) is 2.95. The van der Waals surface area contributed by atoms with Crippen LogP contribution in [0.4, 0.5) is 13.2 Å². The lowest BCUT2D eigenvalue weighted by Crippen LogP contribution is -2.29. The average molecular weight is 397 g/mol. The van der Waals surface area contributed by atoms with E-state index in [1.54, 1.807) is 13.1 Å². The molecule has 1 N–H and O–H groups in total. The van der Waals surface area contributed by atoms with Gasteiger partial charge in [-0.3, -0.25) is 9.48 Å². The van der Waals surface area contributed by atoms with Crippen molar-refractivity contribution in [2.75, 3.05) is 6.26 Å². The quantitative estimate of drug-likeness (QED) is 0.737. The van der Waals surface area contributed by atoms with Crippen molar-refractivity contribution in [3.05, 3.63) is 53.6 Å². The molecule has 0 bridgehead atoms. The van der Waals surface area contributed by atoms with Gasteiger partial charge in [-0.2, -0.15) is 18.3 Å². The first-order chi connectivity index (χ1) is 12.5. The summed E-state index contributed by atoms with van der Waals surface area (Å²) in [6.45, 7) is 0. The summed E-state index contributed by atoms with van der Waals surface area (Å²) in [5, 5.41) is 4.93. The van der Waals surface area contributed by atoms with Gasteiger partial charge in [-0.25, -0.2) is 13.1 Å². The zero-order valence-electron chi connectivity index (χ0n) is 14.2. The molecule has 1 amide bonds. The number of aryl methyl sites for hydroxylation is 1. The van der Waals surface area contributed by atoms with Crippen molar-refractivity contribution in [2.24, 2.45) is 7.05 Å². The van der Waals surface area contributed by atoms with Crippen LogP contribution in [0.3, 0.4) is 0 Å². The van der Waals surface area contributed by atoms with Gasteiger partial charge in [0.25, 0.3) is 5.91 Å². The molecule has 10 heteroatoms. The van der Waals surface area contributed by atoms with Gasteiger partial charge in [-0.1, -0.05) is 12.1 Å². The van der Waals surface area contributed by atoms with Crippen molar-refractivity contribution >= 4 is 26.8 Å². The van der Waals surface area contributed by atoms with Gasteiger partial charge in [0.2, 0.25) is 10.0 Å². The maximum Gasteiger partial charge on any atom is 0.416 e. The third-order valence-corrected chi connectivity index (χ3v) is 4.43. The Morgan fingerprint density at radius 3 is 2.30 bits per heavy atom. The second-order valence-corrected chi connectivity index (χ2v) is 7.73. The van der Waals surface area contributed by atoms with Crippen LogP contribution in [0.15, 0.2) is 42.5 Å². The first-order valence-electron chi connectivity index (χ1n) is 7.62. The molecule has 0 fully saturated rings. The molecule has 0 spiro atoms. The summed E-state index contributed by atoms with van der Waals surface area (Å²) in [5.74, 6) is -0.781. The van der Waals surface area contributed by atoms with Crippen molar-refractivity contribution in [1.82, 2.24) is 14.5 Å². The molecule has 3 aromatic rings. The number of hydrogen-bond donors (Lipinski definition) is 1. The van der Waals surface area contributed by atoms with Gasteiger partial charge < -0.3 is 0 Å². The molecule has 142 valence electrons. The van der Waals surface area contributed by atoms with Gasteiger partial charge in [-0.15, -0.1) is 0 Å². The molecule has 0 atom stereocenters. The van der Waals surface area contributed by atoms with Crippen molar-refractivity contribution < 1.29 is 26.4 Å². The number of benzene rings is 2. The standard InChI is InChI=1S/C17H14F3N3O3S/c1-23-14-9-11(16(24)22-27(2,25)26)5-8-13(14)15(21-23)10-3-6-12(7-4-10)17(18,19)20/h3-9H,1-2H3,(H,22,24). The highest BCUT2D eigenvalue weighted by molar-refractivity contribution is 7.89. The second-order valence-electron chi connectivity index (χ2n) is 5.98. The number of nitrogens with one attached hydrogen (secondary N) is 1. The molecular weight excluding hydrogens is 383 g/mol. The van der Waals surface area contributed by atoms with E-state index in [1.165, 1.54) is 28.9 Å². The number of aromatic nitrogens is 2. The Morgan fingerprint density at radius 1 is 1.11 bits per heavy atom. The highest BCUT2D eigenvalue weighted by Crippen LogP contribution is 2.33. The summed E-state index contributed by atoms with van der Waals surface area (Å²) in [5.41, 5.74) is 0.838. The van der Waals surface area contributed by atoms with Gasteiger partial charge in [0.15, 0.2) is 0 Å². The molecule has 3 rings (SSSR count). The highest BCUT2D eigenvalue weighted by Gasteiger charge is 2.30. The molecule has 1 heterocycles.